The van der Waals surface area contributed by atoms with Crippen LogP contribution in [0.5, 0.6) is 0 Å². The van der Waals surface area contributed by atoms with Crippen molar-refractivity contribution in [3.8, 4) is 0 Å². The maximum absolute atomic E-state index is 8.15. The molecule has 0 atom stereocenters. The van der Waals surface area contributed by atoms with Crippen molar-refractivity contribution in [2.75, 3.05) is 0 Å². The molecule has 0 aromatic carbocycles. The third-order valence-corrected chi connectivity index (χ3v) is 2.92. The SMILES string of the molecule is [N-]=[N+]=CSC1CCCCC1. The van der Waals surface area contributed by atoms with Gasteiger partial charge in [-0.25, -0.2) is 0 Å². The van der Waals surface area contributed by atoms with Crippen molar-refractivity contribution in [3.63, 3.8) is 0 Å². The first-order chi connectivity index (χ1) is 4.93. The molecule has 0 aromatic heterocycles. The lowest BCUT2D eigenvalue weighted by molar-refractivity contribution is 0.00829. The molecule has 0 bridgehead atoms. The lowest BCUT2D eigenvalue weighted by Crippen LogP contribution is -2.07. The Kier molecular flexibility index (Phi) is 3.55. The van der Waals surface area contributed by atoms with Gasteiger partial charge in [0.05, 0.1) is 0 Å². The Morgan fingerprint density at radius 1 is 1.30 bits per heavy atom. The van der Waals surface area contributed by atoms with E-state index in [1.807, 2.05) is 0 Å². The Morgan fingerprint density at radius 3 is 2.60 bits per heavy atom. The van der Waals surface area contributed by atoms with Gasteiger partial charge >= 0.3 is 5.55 Å². The highest BCUT2D eigenvalue weighted by Gasteiger charge is 2.13. The van der Waals surface area contributed by atoms with Crippen LogP contribution >= 0.6 is 11.8 Å². The van der Waals surface area contributed by atoms with Crippen LogP contribution in [0.25, 0.3) is 5.53 Å². The highest BCUT2D eigenvalue weighted by Crippen LogP contribution is 2.26. The molecule has 0 spiro atoms. The van der Waals surface area contributed by atoms with Gasteiger partial charge in [0.1, 0.15) is 0 Å². The van der Waals surface area contributed by atoms with Crippen molar-refractivity contribution in [1.29, 1.82) is 0 Å². The van der Waals surface area contributed by atoms with Crippen molar-refractivity contribution in [2.24, 2.45) is 0 Å². The molecule has 1 aliphatic rings. The molecule has 0 heterocycles. The summed E-state index contributed by atoms with van der Waals surface area (Å²) in [7, 11) is 0. The summed E-state index contributed by atoms with van der Waals surface area (Å²) in [4.78, 5) is 2.97. The molecule has 1 saturated carbocycles. The summed E-state index contributed by atoms with van der Waals surface area (Å²) in [6, 6.07) is 0. The lowest BCUT2D eigenvalue weighted by atomic mass is 10.0. The van der Waals surface area contributed by atoms with Crippen LogP contribution in [0.4, 0.5) is 0 Å². The molecule has 2 nitrogen and oxygen atoms in total. The second-order valence-electron chi connectivity index (χ2n) is 2.62. The Morgan fingerprint density at radius 2 is 2.00 bits per heavy atom. The van der Waals surface area contributed by atoms with Crippen molar-refractivity contribution < 1.29 is 4.79 Å². The smallest absolute Gasteiger partial charge is 0.314 e. The first-order valence-electron chi connectivity index (χ1n) is 3.75. The average molecular weight is 156 g/mol. The van der Waals surface area contributed by atoms with E-state index in [0.29, 0.717) is 5.25 Å². The molecule has 0 amide bonds. The van der Waals surface area contributed by atoms with E-state index >= 15 is 0 Å². The van der Waals surface area contributed by atoms with Gasteiger partial charge in [0, 0.05) is 5.25 Å². The monoisotopic (exact) mass is 156 g/mol. The molecule has 56 valence electrons. The van der Waals surface area contributed by atoms with E-state index in [-0.39, 0.29) is 0 Å². The van der Waals surface area contributed by atoms with Gasteiger partial charge in [-0.05, 0) is 24.6 Å². The number of thioether (sulfide) groups is 1. The molecule has 0 unspecified atom stereocenters. The minimum absolute atomic E-state index is 0.713. The molecular formula is C7H12N2S. The molecule has 0 radical (unpaired) electrons. The van der Waals surface area contributed by atoms with Gasteiger partial charge in [-0.1, -0.05) is 19.3 Å². The standard InChI is InChI=1S/C7H12N2S/c8-9-6-10-7-4-2-1-3-5-7/h6-7H,1-5H2. The Balaban J connectivity index is 2.19. The summed E-state index contributed by atoms with van der Waals surface area (Å²) in [5.41, 5.74) is 9.68. The fraction of sp³-hybridized carbons (Fsp3) is 0.857. The number of rotatable bonds is 2. The second-order valence-corrected chi connectivity index (χ2v) is 3.77. The third-order valence-electron chi connectivity index (χ3n) is 1.85. The second kappa shape index (κ2) is 4.53. The molecule has 1 rings (SSSR count). The van der Waals surface area contributed by atoms with E-state index in [1.165, 1.54) is 37.7 Å². The zero-order valence-electron chi connectivity index (χ0n) is 5.99. The zero-order chi connectivity index (χ0) is 7.23. The molecule has 0 aliphatic heterocycles. The molecule has 10 heavy (non-hydrogen) atoms. The highest BCUT2D eigenvalue weighted by molar-refractivity contribution is 8.12. The van der Waals surface area contributed by atoms with E-state index in [1.54, 1.807) is 11.8 Å². The van der Waals surface area contributed by atoms with E-state index < -0.39 is 0 Å². The molecule has 1 fully saturated rings. The predicted octanol–water partition coefficient (Wildman–Crippen LogP) is 2.31. The first kappa shape index (κ1) is 7.83. The third kappa shape index (κ3) is 2.54. The van der Waals surface area contributed by atoms with E-state index in [9.17, 15) is 0 Å². The predicted molar refractivity (Wildman–Crippen MR) is 44.1 cm³/mol. The average Bonchev–Trinajstić information content (AvgIpc) is 2.03. The van der Waals surface area contributed by atoms with Crippen LogP contribution in [0, 0.1) is 0 Å². The largest absolute Gasteiger partial charge is 0.361 e. The quantitative estimate of drug-likeness (QED) is 0.261. The van der Waals surface area contributed by atoms with Crippen LogP contribution < -0.4 is 0 Å². The van der Waals surface area contributed by atoms with Crippen LogP contribution in [0.15, 0.2) is 0 Å². The number of nitrogens with zero attached hydrogens (tertiary/aromatic N) is 2. The van der Waals surface area contributed by atoms with Crippen LogP contribution in [-0.4, -0.2) is 15.6 Å². The summed E-state index contributed by atoms with van der Waals surface area (Å²) in [5.74, 6) is 0. The summed E-state index contributed by atoms with van der Waals surface area (Å²) in [6.07, 6.45) is 6.65. The Bertz CT molecular complexity index is 135. The van der Waals surface area contributed by atoms with Gasteiger partial charge in [-0.3, -0.25) is 0 Å². The number of hydrogen-bond acceptors (Lipinski definition) is 1. The molecule has 1 aliphatic carbocycles. The normalized spacial score (nSPS) is 20.0. The minimum Gasteiger partial charge on any atom is -0.361 e. The molecular weight excluding hydrogens is 144 g/mol. The van der Waals surface area contributed by atoms with Crippen molar-refractivity contribution in [2.45, 2.75) is 37.4 Å². The zero-order valence-corrected chi connectivity index (χ0v) is 6.81. The maximum Gasteiger partial charge on any atom is 0.314 e. The van der Waals surface area contributed by atoms with E-state index in [0.717, 1.165) is 0 Å². The maximum atomic E-state index is 8.15. The van der Waals surface area contributed by atoms with Gasteiger partial charge in [0.15, 0.2) is 0 Å². The molecule has 0 saturated heterocycles. The van der Waals surface area contributed by atoms with Crippen molar-refractivity contribution in [1.82, 2.24) is 0 Å². The van der Waals surface area contributed by atoms with Crippen molar-refractivity contribution in [3.05, 3.63) is 5.53 Å². The lowest BCUT2D eigenvalue weighted by Gasteiger charge is -2.16. The summed E-state index contributed by atoms with van der Waals surface area (Å²) in [5, 5.41) is 0.713. The Hall–Kier alpha value is -0.270. The summed E-state index contributed by atoms with van der Waals surface area (Å²) < 4.78 is 0. The summed E-state index contributed by atoms with van der Waals surface area (Å²) >= 11 is 1.66. The Labute approximate surface area is 65.6 Å². The molecule has 0 aromatic rings. The molecule has 3 heteroatoms. The van der Waals surface area contributed by atoms with Gasteiger partial charge in [-0.2, -0.15) is 4.79 Å². The van der Waals surface area contributed by atoms with E-state index in [2.05, 4.69) is 4.79 Å². The first-order valence-corrected chi connectivity index (χ1v) is 4.69. The van der Waals surface area contributed by atoms with Crippen LogP contribution in [0.1, 0.15) is 32.1 Å². The van der Waals surface area contributed by atoms with Gasteiger partial charge in [-0.15, -0.1) is 0 Å². The van der Waals surface area contributed by atoms with Gasteiger partial charge in [0.25, 0.3) is 0 Å². The fourth-order valence-corrected chi connectivity index (χ4v) is 2.15. The van der Waals surface area contributed by atoms with Gasteiger partial charge < -0.3 is 5.53 Å². The van der Waals surface area contributed by atoms with Crippen LogP contribution in [0.3, 0.4) is 0 Å². The molecule has 0 N–H and O–H groups in total. The topological polar surface area (TPSA) is 36.4 Å². The summed E-state index contributed by atoms with van der Waals surface area (Å²) in [6.45, 7) is 0. The van der Waals surface area contributed by atoms with E-state index in [4.69, 9.17) is 5.53 Å². The van der Waals surface area contributed by atoms with Crippen molar-refractivity contribution >= 4 is 17.3 Å². The highest BCUT2D eigenvalue weighted by atomic mass is 32.2. The fourth-order valence-electron chi connectivity index (χ4n) is 1.31. The minimum atomic E-state index is 0.713. The van der Waals surface area contributed by atoms with Crippen LogP contribution in [0.2, 0.25) is 0 Å². The van der Waals surface area contributed by atoms with Gasteiger partial charge in [0.2, 0.25) is 0 Å². The van der Waals surface area contributed by atoms with Crippen LogP contribution in [-0.2, 0) is 0 Å². The number of hydrogen-bond donors (Lipinski definition) is 0.